The maximum absolute atomic E-state index is 13.3. The highest BCUT2D eigenvalue weighted by atomic mass is 35.5. The zero-order valence-corrected chi connectivity index (χ0v) is 14.8. The van der Waals surface area contributed by atoms with Gasteiger partial charge in [0.25, 0.3) is 11.5 Å². The summed E-state index contributed by atoms with van der Waals surface area (Å²) in [5, 5.41) is -0.104. The zero-order valence-electron chi connectivity index (χ0n) is 14.1. The fourth-order valence-electron chi connectivity index (χ4n) is 3.07. The summed E-state index contributed by atoms with van der Waals surface area (Å²) in [7, 11) is 0. The van der Waals surface area contributed by atoms with E-state index in [2.05, 4.69) is 15.0 Å². The van der Waals surface area contributed by atoms with E-state index in [1.54, 1.807) is 29.4 Å². The number of nitrogens with one attached hydrogen (secondary N) is 1. The largest absolute Gasteiger partial charge is 0.332 e. The van der Waals surface area contributed by atoms with Gasteiger partial charge in [-0.15, -0.1) is 0 Å². The van der Waals surface area contributed by atoms with Gasteiger partial charge in [-0.1, -0.05) is 11.6 Å². The van der Waals surface area contributed by atoms with Crippen LogP contribution in [-0.2, 0) is 13.0 Å². The number of fused-ring (bicyclic) bond motifs is 1. The van der Waals surface area contributed by atoms with Crippen LogP contribution in [-0.4, -0.2) is 32.3 Å². The van der Waals surface area contributed by atoms with Crippen LogP contribution in [0.2, 0.25) is 5.02 Å². The van der Waals surface area contributed by atoms with Gasteiger partial charge in [-0.3, -0.25) is 14.6 Å². The van der Waals surface area contributed by atoms with Crippen LogP contribution in [0, 0.1) is 5.82 Å². The molecule has 1 aromatic carbocycles. The van der Waals surface area contributed by atoms with E-state index in [9.17, 15) is 14.0 Å². The molecule has 3 heterocycles. The molecule has 3 aromatic rings. The highest BCUT2D eigenvalue weighted by molar-refractivity contribution is 6.31. The van der Waals surface area contributed by atoms with E-state index >= 15 is 0 Å². The normalized spacial score (nSPS) is 13.3. The van der Waals surface area contributed by atoms with Gasteiger partial charge >= 0.3 is 0 Å². The molecule has 0 bridgehead atoms. The average Bonchev–Trinajstić information content (AvgIpc) is 2.69. The molecule has 0 aliphatic carbocycles. The van der Waals surface area contributed by atoms with E-state index in [0.29, 0.717) is 35.6 Å². The Balaban J connectivity index is 1.66. The number of benzene rings is 1. The lowest BCUT2D eigenvalue weighted by molar-refractivity contribution is 0.0731. The molecule has 4 rings (SSSR count). The predicted octanol–water partition coefficient (Wildman–Crippen LogP) is 2.82. The minimum absolute atomic E-state index is 0.104. The molecule has 27 heavy (non-hydrogen) atoms. The van der Waals surface area contributed by atoms with Crippen LogP contribution in [0.4, 0.5) is 4.39 Å². The maximum atomic E-state index is 13.3. The van der Waals surface area contributed by atoms with Crippen molar-refractivity contribution in [3.63, 3.8) is 0 Å². The molecule has 0 atom stereocenters. The number of aromatic nitrogens is 3. The second-order valence-corrected chi connectivity index (χ2v) is 6.59. The van der Waals surface area contributed by atoms with E-state index in [-0.39, 0.29) is 23.0 Å². The van der Waals surface area contributed by atoms with Crippen molar-refractivity contribution < 1.29 is 9.18 Å². The van der Waals surface area contributed by atoms with Gasteiger partial charge in [0.2, 0.25) is 0 Å². The van der Waals surface area contributed by atoms with Gasteiger partial charge in [0.15, 0.2) is 0 Å². The third-order valence-corrected chi connectivity index (χ3v) is 4.77. The second-order valence-electron chi connectivity index (χ2n) is 6.18. The summed E-state index contributed by atoms with van der Waals surface area (Å²) in [5.74, 6) is -0.428. The van der Waals surface area contributed by atoms with Crippen LogP contribution in [0.1, 0.15) is 21.6 Å². The quantitative estimate of drug-likeness (QED) is 0.736. The molecule has 0 saturated carbocycles. The Morgan fingerprint density at radius 2 is 2.00 bits per heavy atom. The Labute approximate surface area is 158 Å². The number of nitrogens with zero attached hydrogens (tertiary/aromatic N) is 3. The van der Waals surface area contributed by atoms with Gasteiger partial charge in [0.05, 0.1) is 17.3 Å². The number of hydrogen-bond donors (Lipinski definition) is 1. The molecule has 0 saturated heterocycles. The van der Waals surface area contributed by atoms with E-state index in [4.69, 9.17) is 11.6 Å². The number of hydrogen-bond acceptors (Lipinski definition) is 4. The van der Waals surface area contributed by atoms with Gasteiger partial charge in [-0.25, -0.2) is 9.37 Å². The summed E-state index contributed by atoms with van der Waals surface area (Å²) in [6.07, 6.45) is 3.63. The van der Waals surface area contributed by atoms with Crippen LogP contribution in [0.5, 0.6) is 0 Å². The third kappa shape index (κ3) is 3.33. The van der Waals surface area contributed by atoms with Gasteiger partial charge in [0.1, 0.15) is 11.6 Å². The van der Waals surface area contributed by atoms with Crippen LogP contribution in [0.15, 0.2) is 47.5 Å². The van der Waals surface area contributed by atoms with Crippen molar-refractivity contribution in [1.82, 2.24) is 19.9 Å². The molecule has 1 amide bonds. The molecule has 1 aliphatic rings. The number of carbonyl (C=O) groups excluding carboxylic acids is 1. The van der Waals surface area contributed by atoms with E-state index in [0.717, 1.165) is 11.6 Å². The molecule has 0 radical (unpaired) electrons. The fourth-order valence-corrected chi connectivity index (χ4v) is 3.25. The summed E-state index contributed by atoms with van der Waals surface area (Å²) in [5.41, 5.74) is 1.96. The smallest absolute Gasteiger partial charge is 0.254 e. The Hall–Kier alpha value is -3.06. The second kappa shape index (κ2) is 6.92. The highest BCUT2D eigenvalue weighted by Crippen LogP contribution is 2.22. The SMILES string of the molecule is O=C(c1ccc(F)c(Cl)c1)N1CCc2c(nc(-c3ccncc3)[nH]c2=O)C1. The molecule has 136 valence electrons. The Morgan fingerprint density at radius 1 is 1.22 bits per heavy atom. The molecule has 8 heteroatoms. The number of amides is 1. The predicted molar refractivity (Wildman–Crippen MR) is 97.9 cm³/mol. The molecule has 1 N–H and O–H groups in total. The van der Waals surface area contributed by atoms with Gasteiger partial charge in [0, 0.05) is 35.6 Å². The number of carbonyl (C=O) groups is 1. The average molecular weight is 385 g/mol. The molecule has 2 aromatic heterocycles. The lowest BCUT2D eigenvalue weighted by Gasteiger charge is -2.28. The van der Waals surface area contributed by atoms with Crippen molar-refractivity contribution in [3.8, 4) is 11.4 Å². The Morgan fingerprint density at radius 3 is 2.74 bits per heavy atom. The van der Waals surface area contributed by atoms with Gasteiger partial charge in [-0.2, -0.15) is 0 Å². The number of H-pyrrole nitrogens is 1. The topological polar surface area (TPSA) is 79.0 Å². The lowest BCUT2D eigenvalue weighted by Crippen LogP contribution is -2.39. The maximum Gasteiger partial charge on any atom is 0.254 e. The number of pyridine rings is 1. The van der Waals surface area contributed by atoms with E-state index in [1.807, 2.05) is 0 Å². The van der Waals surface area contributed by atoms with E-state index in [1.165, 1.54) is 12.1 Å². The number of rotatable bonds is 2. The first-order valence-corrected chi connectivity index (χ1v) is 8.67. The minimum Gasteiger partial charge on any atom is -0.332 e. The standard InChI is InChI=1S/C19H14ClFN4O2/c20-14-9-12(1-2-15(14)21)19(27)25-8-5-13-16(10-25)23-17(24-18(13)26)11-3-6-22-7-4-11/h1-4,6-7,9H,5,8,10H2,(H,23,24,26). The summed E-state index contributed by atoms with van der Waals surface area (Å²) < 4.78 is 13.3. The number of halogens is 2. The van der Waals surface area contributed by atoms with Crippen molar-refractivity contribution in [2.24, 2.45) is 0 Å². The van der Waals surface area contributed by atoms with Crippen molar-refractivity contribution in [2.45, 2.75) is 13.0 Å². The Kier molecular flexibility index (Phi) is 4.45. The lowest BCUT2D eigenvalue weighted by atomic mass is 10.0. The van der Waals surface area contributed by atoms with Crippen molar-refractivity contribution >= 4 is 17.5 Å². The molecular weight excluding hydrogens is 371 g/mol. The van der Waals surface area contributed by atoms with Crippen LogP contribution < -0.4 is 5.56 Å². The summed E-state index contributed by atoms with van der Waals surface area (Å²) >= 11 is 5.78. The summed E-state index contributed by atoms with van der Waals surface area (Å²) in [6, 6.07) is 7.36. The zero-order chi connectivity index (χ0) is 19.0. The van der Waals surface area contributed by atoms with Gasteiger partial charge in [-0.05, 0) is 36.8 Å². The molecule has 1 aliphatic heterocycles. The summed E-state index contributed by atoms with van der Waals surface area (Å²) in [6.45, 7) is 0.575. The van der Waals surface area contributed by atoms with Crippen molar-refractivity contribution in [1.29, 1.82) is 0 Å². The van der Waals surface area contributed by atoms with Crippen molar-refractivity contribution in [2.75, 3.05) is 6.54 Å². The first kappa shape index (κ1) is 17.4. The monoisotopic (exact) mass is 384 g/mol. The van der Waals surface area contributed by atoms with Crippen LogP contribution in [0.3, 0.4) is 0 Å². The molecule has 0 unspecified atom stereocenters. The van der Waals surface area contributed by atoms with Crippen LogP contribution in [0.25, 0.3) is 11.4 Å². The van der Waals surface area contributed by atoms with Crippen LogP contribution >= 0.6 is 11.6 Å². The van der Waals surface area contributed by atoms with Gasteiger partial charge < -0.3 is 9.88 Å². The molecule has 6 nitrogen and oxygen atoms in total. The van der Waals surface area contributed by atoms with E-state index < -0.39 is 5.82 Å². The first-order chi connectivity index (χ1) is 13.0. The third-order valence-electron chi connectivity index (χ3n) is 4.48. The molecule has 0 spiro atoms. The minimum atomic E-state index is -0.576. The Bertz CT molecular complexity index is 1080. The van der Waals surface area contributed by atoms with Crippen molar-refractivity contribution in [3.05, 3.63) is 80.7 Å². The summed E-state index contributed by atoms with van der Waals surface area (Å²) in [4.78, 5) is 38.0. The highest BCUT2D eigenvalue weighted by Gasteiger charge is 2.25. The molecule has 0 fully saturated rings. The number of aromatic amines is 1. The first-order valence-electron chi connectivity index (χ1n) is 8.30. The molecular formula is C19H14ClFN4O2. The fraction of sp³-hybridized carbons (Fsp3) is 0.158.